The lowest BCUT2D eigenvalue weighted by Gasteiger charge is -2.11. The van der Waals surface area contributed by atoms with Crippen molar-refractivity contribution in [2.24, 2.45) is 0 Å². The molecular formula is C14H20BrN3O2. The van der Waals surface area contributed by atoms with E-state index in [1.54, 1.807) is 6.07 Å². The van der Waals surface area contributed by atoms with Gasteiger partial charge in [-0.25, -0.2) is 0 Å². The Morgan fingerprint density at radius 3 is 2.55 bits per heavy atom. The first kappa shape index (κ1) is 16.5. The average molecular weight is 342 g/mol. The van der Waals surface area contributed by atoms with E-state index in [0.717, 1.165) is 16.5 Å². The van der Waals surface area contributed by atoms with Gasteiger partial charge in [0.2, 0.25) is 11.8 Å². The molecule has 0 aromatic heterocycles. The van der Waals surface area contributed by atoms with E-state index >= 15 is 0 Å². The number of halogens is 1. The lowest BCUT2D eigenvalue weighted by Crippen LogP contribution is -2.25. The quantitative estimate of drug-likeness (QED) is 0.695. The van der Waals surface area contributed by atoms with Crippen molar-refractivity contribution < 1.29 is 9.59 Å². The Labute approximate surface area is 127 Å². The van der Waals surface area contributed by atoms with Crippen LogP contribution in [0.1, 0.15) is 31.7 Å². The number of benzene rings is 1. The number of nitrogens with one attached hydrogen (secondary N) is 2. The Hall–Kier alpha value is -1.56. The summed E-state index contributed by atoms with van der Waals surface area (Å²) < 4.78 is 0.847. The van der Waals surface area contributed by atoms with Gasteiger partial charge in [0, 0.05) is 23.9 Å². The Bertz CT molecular complexity index is 503. The van der Waals surface area contributed by atoms with Crippen LogP contribution in [0.2, 0.25) is 0 Å². The average Bonchev–Trinajstić information content (AvgIpc) is 2.39. The van der Waals surface area contributed by atoms with E-state index in [1.807, 2.05) is 19.9 Å². The van der Waals surface area contributed by atoms with E-state index in [-0.39, 0.29) is 24.7 Å². The molecule has 0 saturated carbocycles. The van der Waals surface area contributed by atoms with Gasteiger partial charge in [0.1, 0.15) is 0 Å². The van der Waals surface area contributed by atoms with Crippen molar-refractivity contribution in [1.82, 2.24) is 5.32 Å². The van der Waals surface area contributed by atoms with Gasteiger partial charge in [0.05, 0.1) is 11.4 Å². The molecule has 0 heterocycles. The highest BCUT2D eigenvalue weighted by atomic mass is 79.9. The maximum absolute atomic E-state index is 11.8. The zero-order valence-corrected chi connectivity index (χ0v) is 13.3. The fourth-order valence-corrected chi connectivity index (χ4v) is 2.22. The van der Waals surface area contributed by atoms with Gasteiger partial charge in [-0.1, -0.05) is 22.9 Å². The number of carbonyl (C=O) groups excluding carboxylic acids is 2. The molecule has 1 rings (SSSR count). The van der Waals surface area contributed by atoms with Gasteiger partial charge in [0.25, 0.3) is 0 Å². The summed E-state index contributed by atoms with van der Waals surface area (Å²) in [6.07, 6.45) is 1.20. The highest BCUT2D eigenvalue weighted by molar-refractivity contribution is 9.10. The first-order chi connectivity index (χ1) is 9.43. The van der Waals surface area contributed by atoms with Crippen LogP contribution in [0.25, 0.3) is 0 Å². The number of nitrogen functional groups attached to an aromatic ring is 1. The lowest BCUT2D eigenvalue weighted by molar-refractivity contribution is -0.124. The van der Waals surface area contributed by atoms with E-state index in [9.17, 15) is 9.59 Å². The van der Waals surface area contributed by atoms with Crippen molar-refractivity contribution in [3.8, 4) is 0 Å². The molecule has 0 unspecified atom stereocenters. The van der Waals surface area contributed by atoms with Gasteiger partial charge in [0.15, 0.2) is 0 Å². The molecule has 110 valence electrons. The first-order valence-corrected chi connectivity index (χ1v) is 7.35. The Morgan fingerprint density at radius 1 is 1.25 bits per heavy atom. The molecule has 2 amide bonds. The van der Waals surface area contributed by atoms with Crippen LogP contribution in [0.15, 0.2) is 16.6 Å². The molecule has 4 N–H and O–H groups in total. The van der Waals surface area contributed by atoms with Crippen LogP contribution < -0.4 is 16.4 Å². The number of hydrogen-bond donors (Lipinski definition) is 3. The monoisotopic (exact) mass is 341 g/mol. The number of carbonyl (C=O) groups is 2. The molecule has 0 fully saturated rings. The number of amides is 2. The van der Waals surface area contributed by atoms with E-state index in [1.165, 1.54) is 0 Å². The minimum absolute atomic E-state index is 0.111. The summed E-state index contributed by atoms with van der Waals surface area (Å²) in [5.74, 6) is -0.332. The molecule has 0 saturated heterocycles. The first-order valence-electron chi connectivity index (χ1n) is 6.56. The van der Waals surface area contributed by atoms with Gasteiger partial charge in [-0.3, -0.25) is 9.59 Å². The van der Waals surface area contributed by atoms with E-state index in [4.69, 9.17) is 5.73 Å². The second-order valence-corrected chi connectivity index (χ2v) is 5.50. The molecule has 5 nitrogen and oxygen atoms in total. The zero-order valence-electron chi connectivity index (χ0n) is 11.8. The van der Waals surface area contributed by atoms with Crippen molar-refractivity contribution in [3.63, 3.8) is 0 Å². The zero-order chi connectivity index (χ0) is 15.1. The van der Waals surface area contributed by atoms with Gasteiger partial charge < -0.3 is 16.4 Å². The van der Waals surface area contributed by atoms with Crippen LogP contribution in [0.4, 0.5) is 11.4 Å². The number of rotatable bonds is 6. The van der Waals surface area contributed by atoms with Gasteiger partial charge in [-0.15, -0.1) is 0 Å². The predicted octanol–water partition coefficient (Wildman–Crippen LogP) is 2.58. The highest BCUT2D eigenvalue weighted by Gasteiger charge is 2.10. The van der Waals surface area contributed by atoms with E-state index in [0.29, 0.717) is 17.9 Å². The molecule has 1 aromatic carbocycles. The predicted molar refractivity (Wildman–Crippen MR) is 84.5 cm³/mol. The Balaban J connectivity index is 2.53. The van der Waals surface area contributed by atoms with Crippen LogP contribution in [-0.2, 0) is 9.59 Å². The van der Waals surface area contributed by atoms with Gasteiger partial charge >= 0.3 is 0 Å². The molecule has 0 aliphatic heterocycles. The normalized spacial score (nSPS) is 10.2. The smallest absolute Gasteiger partial charge is 0.224 e. The Kier molecular flexibility index (Phi) is 6.51. The van der Waals surface area contributed by atoms with Gasteiger partial charge in [-0.05, 0) is 31.0 Å². The van der Waals surface area contributed by atoms with E-state index < -0.39 is 0 Å². The van der Waals surface area contributed by atoms with Crippen molar-refractivity contribution in [3.05, 3.63) is 22.2 Å². The molecule has 6 heteroatoms. The van der Waals surface area contributed by atoms with Crippen LogP contribution in [0.5, 0.6) is 0 Å². The third-order valence-corrected chi connectivity index (χ3v) is 3.23. The molecule has 1 aromatic rings. The summed E-state index contributed by atoms with van der Waals surface area (Å²) >= 11 is 3.36. The third kappa shape index (κ3) is 5.21. The van der Waals surface area contributed by atoms with E-state index in [2.05, 4.69) is 26.6 Å². The summed E-state index contributed by atoms with van der Waals surface area (Å²) in [5.41, 5.74) is 7.90. The summed E-state index contributed by atoms with van der Waals surface area (Å²) in [6.45, 7) is 4.48. The van der Waals surface area contributed by atoms with Crippen LogP contribution in [0.3, 0.4) is 0 Å². The summed E-state index contributed by atoms with van der Waals surface area (Å²) in [6, 6.07) is 3.63. The molecule has 20 heavy (non-hydrogen) atoms. The maximum atomic E-state index is 11.8. The maximum Gasteiger partial charge on any atom is 0.224 e. The third-order valence-electron chi connectivity index (χ3n) is 2.78. The summed E-state index contributed by atoms with van der Waals surface area (Å²) in [4.78, 5) is 23.2. The fourth-order valence-electron chi connectivity index (χ4n) is 1.65. The second-order valence-electron chi connectivity index (χ2n) is 4.58. The van der Waals surface area contributed by atoms with Gasteiger partial charge in [-0.2, -0.15) is 0 Å². The standard InChI is InChI=1S/C14H20BrN3O2/c1-3-6-17-12(19)4-5-13(20)18-11-8-10(15)7-9(2)14(11)16/h7-8H,3-6,16H2,1-2H3,(H,17,19)(H,18,20). The summed E-state index contributed by atoms with van der Waals surface area (Å²) in [5, 5.41) is 5.46. The number of nitrogens with two attached hydrogens (primary N) is 1. The summed E-state index contributed by atoms with van der Waals surface area (Å²) in [7, 11) is 0. The van der Waals surface area contributed by atoms with Crippen LogP contribution >= 0.6 is 15.9 Å². The largest absolute Gasteiger partial charge is 0.397 e. The number of hydrogen-bond acceptors (Lipinski definition) is 3. The minimum Gasteiger partial charge on any atom is -0.397 e. The topological polar surface area (TPSA) is 84.2 Å². The van der Waals surface area contributed by atoms with Crippen LogP contribution in [-0.4, -0.2) is 18.4 Å². The number of anilines is 2. The molecule has 0 aliphatic carbocycles. The second kappa shape index (κ2) is 7.89. The van der Waals surface area contributed by atoms with Crippen molar-refractivity contribution in [1.29, 1.82) is 0 Å². The molecule has 0 spiro atoms. The van der Waals surface area contributed by atoms with Crippen molar-refractivity contribution >= 4 is 39.1 Å². The Morgan fingerprint density at radius 2 is 1.90 bits per heavy atom. The SMILES string of the molecule is CCCNC(=O)CCC(=O)Nc1cc(Br)cc(C)c1N. The minimum atomic E-state index is -0.221. The number of aryl methyl sites for hydroxylation is 1. The molecule has 0 bridgehead atoms. The van der Waals surface area contributed by atoms with Crippen LogP contribution in [0, 0.1) is 6.92 Å². The fraction of sp³-hybridized carbons (Fsp3) is 0.429. The molecular weight excluding hydrogens is 322 g/mol. The molecule has 0 aliphatic rings. The molecule has 0 atom stereocenters. The lowest BCUT2D eigenvalue weighted by atomic mass is 10.1. The highest BCUT2D eigenvalue weighted by Crippen LogP contribution is 2.27. The molecule has 0 radical (unpaired) electrons. The van der Waals surface area contributed by atoms with Crippen molar-refractivity contribution in [2.75, 3.05) is 17.6 Å². The van der Waals surface area contributed by atoms with Crippen molar-refractivity contribution in [2.45, 2.75) is 33.1 Å².